The van der Waals surface area contributed by atoms with Crippen molar-refractivity contribution in [1.82, 2.24) is 4.90 Å². The van der Waals surface area contributed by atoms with E-state index in [4.69, 9.17) is 9.47 Å². The van der Waals surface area contributed by atoms with Crippen LogP contribution in [0.3, 0.4) is 0 Å². The summed E-state index contributed by atoms with van der Waals surface area (Å²) in [6, 6.07) is 18.2. The van der Waals surface area contributed by atoms with Gasteiger partial charge in [-0.1, -0.05) is 48.5 Å². The predicted molar refractivity (Wildman–Crippen MR) is 131 cm³/mol. The molecule has 2 atom stereocenters. The van der Waals surface area contributed by atoms with Gasteiger partial charge in [-0.2, -0.15) is 8.78 Å². The molecule has 2 unspecified atom stereocenters. The maximum Gasteiger partial charge on any atom is 0.410 e. The van der Waals surface area contributed by atoms with E-state index in [2.05, 4.69) is 16.9 Å². The van der Waals surface area contributed by atoms with Crippen molar-refractivity contribution in [2.24, 2.45) is 0 Å². The fraction of sp³-hybridized carbons (Fsp3) is 0.345. The molecule has 2 heterocycles. The highest BCUT2D eigenvalue weighted by Crippen LogP contribution is 2.46. The van der Waals surface area contributed by atoms with Crippen LogP contribution in [0.1, 0.15) is 35.4 Å². The van der Waals surface area contributed by atoms with Crippen LogP contribution in [0, 0.1) is 5.82 Å². The molecule has 1 N–H and O–H groups in total. The van der Waals surface area contributed by atoms with Gasteiger partial charge in [0.25, 0.3) is 0 Å². The van der Waals surface area contributed by atoms with E-state index in [9.17, 15) is 23.1 Å². The molecule has 2 saturated heterocycles. The Morgan fingerprint density at radius 1 is 1.00 bits per heavy atom. The summed E-state index contributed by atoms with van der Waals surface area (Å²) in [6.07, 6.45) is -0.520. The molecule has 198 valence electrons. The Morgan fingerprint density at radius 3 is 2.21 bits per heavy atom. The van der Waals surface area contributed by atoms with E-state index in [0.29, 0.717) is 0 Å². The fourth-order valence-corrected chi connectivity index (χ4v) is 6.24. The van der Waals surface area contributed by atoms with Gasteiger partial charge >= 0.3 is 12.7 Å². The Labute approximate surface area is 217 Å². The molecule has 2 fully saturated rings. The number of carbonyl (C=O) groups excluding carboxylic acids is 1. The SMILES string of the molecule is O=C(OCC1c2ccccc2-c2ccccc21)N1C2COCC1CC(O)(c1ccc(F)cc1OC(F)F)C2. The standard InChI is InChI=1S/C29H26F3NO5/c30-17-9-10-25(26(11-17)38-27(31)32)29(35)12-18-14-36-15-19(13-29)33(18)28(34)37-16-24-22-7-3-1-5-20(22)21-6-2-4-8-23(21)24/h1-11,18-19,24,27,35H,12-16H2. The van der Waals surface area contributed by atoms with E-state index in [1.54, 1.807) is 4.90 Å². The van der Waals surface area contributed by atoms with E-state index in [1.165, 1.54) is 6.07 Å². The molecule has 0 radical (unpaired) electrons. The molecule has 2 bridgehead atoms. The van der Waals surface area contributed by atoms with Crippen molar-refractivity contribution in [2.75, 3.05) is 19.8 Å². The lowest BCUT2D eigenvalue weighted by molar-refractivity contribution is -0.138. The van der Waals surface area contributed by atoms with Crippen LogP contribution in [-0.4, -0.2) is 54.6 Å². The van der Waals surface area contributed by atoms with Gasteiger partial charge in [-0.15, -0.1) is 0 Å². The molecule has 0 spiro atoms. The zero-order valence-corrected chi connectivity index (χ0v) is 20.4. The lowest BCUT2D eigenvalue weighted by Gasteiger charge is -2.51. The maximum absolute atomic E-state index is 13.8. The second-order valence-corrected chi connectivity index (χ2v) is 10.0. The highest BCUT2D eigenvalue weighted by Gasteiger charge is 2.50. The quantitative estimate of drug-likeness (QED) is 0.482. The summed E-state index contributed by atoms with van der Waals surface area (Å²) >= 11 is 0. The number of halogens is 3. The van der Waals surface area contributed by atoms with Gasteiger partial charge in [0.1, 0.15) is 18.2 Å². The van der Waals surface area contributed by atoms with Crippen LogP contribution >= 0.6 is 0 Å². The van der Waals surface area contributed by atoms with Crippen molar-refractivity contribution in [3.05, 3.63) is 89.2 Å². The number of morpholine rings is 1. The van der Waals surface area contributed by atoms with Crippen molar-refractivity contribution in [2.45, 2.75) is 43.1 Å². The number of alkyl halides is 2. The van der Waals surface area contributed by atoms with Crippen molar-refractivity contribution >= 4 is 6.09 Å². The summed E-state index contributed by atoms with van der Waals surface area (Å²) in [6.45, 7) is -2.73. The summed E-state index contributed by atoms with van der Waals surface area (Å²) in [5.41, 5.74) is 2.89. The summed E-state index contributed by atoms with van der Waals surface area (Å²) in [7, 11) is 0. The topological polar surface area (TPSA) is 68.2 Å². The first-order valence-corrected chi connectivity index (χ1v) is 12.5. The van der Waals surface area contributed by atoms with Gasteiger partial charge in [0.05, 0.1) is 30.9 Å². The minimum atomic E-state index is -3.18. The lowest BCUT2D eigenvalue weighted by Crippen LogP contribution is -2.62. The third kappa shape index (κ3) is 4.29. The zero-order valence-electron chi connectivity index (χ0n) is 20.4. The third-order valence-electron chi connectivity index (χ3n) is 7.76. The molecular formula is C29H26F3NO5. The molecule has 3 aromatic carbocycles. The van der Waals surface area contributed by atoms with Gasteiger partial charge in [0.15, 0.2) is 0 Å². The highest BCUT2D eigenvalue weighted by atomic mass is 19.3. The first-order valence-electron chi connectivity index (χ1n) is 12.5. The van der Waals surface area contributed by atoms with Crippen molar-refractivity contribution in [3.8, 4) is 16.9 Å². The number of nitrogens with zero attached hydrogens (tertiary/aromatic N) is 1. The molecular weight excluding hydrogens is 499 g/mol. The number of carbonyl (C=O) groups is 1. The maximum atomic E-state index is 13.8. The second-order valence-electron chi connectivity index (χ2n) is 10.0. The molecule has 1 amide bonds. The van der Waals surface area contributed by atoms with Crippen LogP contribution in [0.15, 0.2) is 66.7 Å². The van der Waals surface area contributed by atoms with Gasteiger partial charge in [0.2, 0.25) is 0 Å². The molecule has 6 rings (SSSR count). The molecule has 3 aliphatic rings. The number of hydrogen-bond donors (Lipinski definition) is 1. The number of rotatable bonds is 5. The molecule has 6 nitrogen and oxygen atoms in total. The smallest absolute Gasteiger partial charge is 0.410 e. The Kier molecular flexibility index (Phi) is 6.28. The fourth-order valence-electron chi connectivity index (χ4n) is 6.24. The summed E-state index contributed by atoms with van der Waals surface area (Å²) in [5, 5.41) is 11.6. The van der Waals surface area contributed by atoms with Crippen LogP contribution in [0.5, 0.6) is 5.75 Å². The van der Waals surface area contributed by atoms with Crippen LogP contribution in [-0.2, 0) is 15.1 Å². The third-order valence-corrected chi connectivity index (χ3v) is 7.76. The molecule has 0 saturated carbocycles. The van der Waals surface area contributed by atoms with Crippen molar-refractivity contribution in [1.29, 1.82) is 0 Å². The lowest BCUT2D eigenvalue weighted by atomic mass is 9.76. The summed E-state index contributed by atoms with van der Waals surface area (Å²) in [4.78, 5) is 15.0. The number of hydrogen-bond acceptors (Lipinski definition) is 5. The second kappa shape index (κ2) is 9.63. The molecule has 9 heteroatoms. The van der Waals surface area contributed by atoms with Gasteiger partial charge < -0.3 is 19.3 Å². The molecule has 3 aromatic rings. The van der Waals surface area contributed by atoms with E-state index in [-0.39, 0.29) is 44.1 Å². The number of fused-ring (bicyclic) bond motifs is 5. The number of benzene rings is 3. The van der Waals surface area contributed by atoms with Crippen LogP contribution < -0.4 is 4.74 Å². The van der Waals surface area contributed by atoms with Gasteiger partial charge in [0, 0.05) is 30.4 Å². The Hall–Kier alpha value is -3.56. The minimum absolute atomic E-state index is 0.00107. The number of piperidine rings is 1. The number of ether oxygens (including phenoxy) is 3. The molecule has 38 heavy (non-hydrogen) atoms. The van der Waals surface area contributed by atoms with E-state index in [0.717, 1.165) is 34.4 Å². The van der Waals surface area contributed by atoms with Gasteiger partial charge in [-0.25, -0.2) is 9.18 Å². The van der Waals surface area contributed by atoms with Gasteiger partial charge in [-0.3, -0.25) is 4.90 Å². The number of amides is 1. The monoisotopic (exact) mass is 525 g/mol. The predicted octanol–water partition coefficient (Wildman–Crippen LogP) is 5.43. The first kappa shape index (κ1) is 24.8. The van der Waals surface area contributed by atoms with E-state index >= 15 is 0 Å². The van der Waals surface area contributed by atoms with Crippen LogP contribution in [0.4, 0.5) is 18.0 Å². The first-order chi connectivity index (χ1) is 18.3. The Morgan fingerprint density at radius 2 is 1.61 bits per heavy atom. The number of aliphatic hydroxyl groups is 1. The van der Waals surface area contributed by atoms with Crippen molar-refractivity contribution in [3.63, 3.8) is 0 Å². The highest BCUT2D eigenvalue weighted by molar-refractivity contribution is 5.79. The minimum Gasteiger partial charge on any atom is -0.448 e. The average Bonchev–Trinajstić information content (AvgIpc) is 3.20. The van der Waals surface area contributed by atoms with Gasteiger partial charge in [-0.05, 0) is 34.4 Å². The summed E-state index contributed by atoms with van der Waals surface area (Å²) in [5.74, 6) is -1.28. The summed E-state index contributed by atoms with van der Waals surface area (Å²) < 4.78 is 55.8. The van der Waals surface area contributed by atoms with Crippen LogP contribution in [0.2, 0.25) is 0 Å². The largest absolute Gasteiger partial charge is 0.448 e. The molecule has 1 aliphatic carbocycles. The van der Waals surface area contributed by atoms with Crippen LogP contribution in [0.25, 0.3) is 11.1 Å². The van der Waals surface area contributed by atoms with Crippen molar-refractivity contribution < 1.29 is 37.3 Å². The Balaban J connectivity index is 1.21. The normalized spacial score (nSPS) is 24.2. The Bertz CT molecular complexity index is 1310. The van der Waals surface area contributed by atoms with E-state index in [1.807, 2.05) is 36.4 Å². The van der Waals surface area contributed by atoms with E-state index < -0.39 is 42.0 Å². The molecule has 0 aromatic heterocycles. The molecule has 2 aliphatic heterocycles. The zero-order chi connectivity index (χ0) is 26.4. The average molecular weight is 526 g/mol.